The SMILES string of the molecule is COc1ccc(-c2ccc(C)cc2)cc1-c1ccc(OC)c(-c2ccc(-c3ccc(B4Nc5cccc6cccc(c56)N4)cc3)cc2)c1. The van der Waals surface area contributed by atoms with Crippen molar-refractivity contribution in [2.24, 2.45) is 0 Å². The largest absolute Gasteiger partial charge is 0.496 e. The molecule has 0 fully saturated rings. The molecule has 1 aliphatic rings. The van der Waals surface area contributed by atoms with Crippen LogP contribution < -0.4 is 25.4 Å². The smallest absolute Gasteiger partial charge is 0.406 e. The second-order valence-electron chi connectivity index (χ2n) is 12.3. The topological polar surface area (TPSA) is 42.5 Å². The first-order valence-electron chi connectivity index (χ1n) is 16.3. The van der Waals surface area contributed by atoms with Crippen molar-refractivity contribution in [2.75, 3.05) is 24.7 Å². The molecule has 0 aliphatic carbocycles. The Kier molecular flexibility index (Phi) is 7.58. The number of aryl methyl sites for hydroxylation is 1. The molecule has 232 valence electrons. The van der Waals surface area contributed by atoms with Crippen molar-refractivity contribution < 1.29 is 9.47 Å². The Morgan fingerprint density at radius 3 is 1.52 bits per heavy atom. The fourth-order valence-electron chi connectivity index (χ4n) is 6.77. The maximum Gasteiger partial charge on any atom is 0.406 e. The fraction of sp³-hybridized carbons (Fsp3) is 0.0698. The molecule has 2 N–H and O–H groups in total. The second-order valence-corrected chi connectivity index (χ2v) is 12.3. The Morgan fingerprint density at radius 1 is 0.458 bits per heavy atom. The molecule has 1 heterocycles. The van der Waals surface area contributed by atoms with Gasteiger partial charge in [0.05, 0.1) is 14.2 Å². The summed E-state index contributed by atoms with van der Waals surface area (Å²) in [5.74, 6) is 1.66. The van der Waals surface area contributed by atoms with E-state index in [0.717, 1.165) is 56.3 Å². The number of methoxy groups -OCH3 is 2. The summed E-state index contributed by atoms with van der Waals surface area (Å²) in [6, 6.07) is 51.7. The number of hydrogen-bond acceptors (Lipinski definition) is 4. The first-order valence-corrected chi connectivity index (χ1v) is 16.3. The van der Waals surface area contributed by atoms with E-state index >= 15 is 0 Å². The third-order valence-corrected chi connectivity index (χ3v) is 9.37. The lowest BCUT2D eigenvalue weighted by molar-refractivity contribution is 0.415. The van der Waals surface area contributed by atoms with Gasteiger partial charge < -0.3 is 19.9 Å². The van der Waals surface area contributed by atoms with Gasteiger partial charge in [0.1, 0.15) is 11.5 Å². The molecule has 0 saturated carbocycles. The van der Waals surface area contributed by atoms with E-state index in [1.807, 2.05) is 12.1 Å². The first-order chi connectivity index (χ1) is 23.6. The summed E-state index contributed by atoms with van der Waals surface area (Å²) in [6.07, 6.45) is 0. The number of benzene rings is 7. The van der Waals surface area contributed by atoms with Gasteiger partial charge in [0.25, 0.3) is 0 Å². The van der Waals surface area contributed by atoms with E-state index in [2.05, 4.69) is 151 Å². The highest BCUT2D eigenvalue weighted by Gasteiger charge is 2.25. The van der Waals surface area contributed by atoms with Gasteiger partial charge in [-0.25, -0.2) is 0 Å². The molecule has 0 spiro atoms. The number of anilines is 2. The van der Waals surface area contributed by atoms with Crippen molar-refractivity contribution >= 4 is 34.6 Å². The zero-order valence-electron chi connectivity index (χ0n) is 27.3. The minimum Gasteiger partial charge on any atom is -0.496 e. The molecule has 4 nitrogen and oxygen atoms in total. The van der Waals surface area contributed by atoms with Crippen LogP contribution in [0.3, 0.4) is 0 Å². The van der Waals surface area contributed by atoms with Crippen LogP contribution in [0, 0.1) is 6.92 Å². The molecule has 0 atom stereocenters. The summed E-state index contributed by atoms with van der Waals surface area (Å²) in [7, 11) is 3.45. The van der Waals surface area contributed by atoms with Gasteiger partial charge in [-0.2, -0.15) is 0 Å². The zero-order chi connectivity index (χ0) is 32.6. The summed E-state index contributed by atoms with van der Waals surface area (Å²) >= 11 is 0. The van der Waals surface area contributed by atoms with E-state index in [0.29, 0.717) is 0 Å². The van der Waals surface area contributed by atoms with Crippen molar-refractivity contribution in [1.29, 1.82) is 0 Å². The lowest BCUT2D eigenvalue weighted by Gasteiger charge is -2.27. The molecule has 0 unspecified atom stereocenters. The van der Waals surface area contributed by atoms with Crippen LogP contribution in [0.2, 0.25) is 0 Å². The lowest BCUT2D eigenvalue weighted by Crippen LogP contribution is -2.47. The molecule has 0 bridgehead atoms. The fourth-order valence-corrected chi connectivity index (χ4v) is 6.77. The third-order valence-electron chi connectivity index (χ3n) is 9.37. The highest BCUT2D eigenvalue weighted by Crippen LogP contribution is 2.40. The average Bonchev–Trinajstić information content (AvgIpc) is 3.15. The normalized spacial score (nSPS) is 11.9. The van der Waals surface area contributed by atoms with E-state index in [-0.39, 0.29) is 6.98 Å². The molecular formula is C43H35BN2O2. The van der Waals surface area contributed by atoms with Gasteiger partial charge in [-0.1, -0.05) is 115 Å². The predicted molar refractivity (Wildman–Crippen MR) is 203 cm³/mol. The molecule has 0 aromatic heterocycles. The molecule has 5 heteroatoms. The Morgan fingerprint density at radius 2 is 0.917 bits per heavy atom. The number of rotatable bonds is 7. The van der Waals surface area contributed by atoms with Crippen LogP contribution >= 0.6 is 0 Å². The van der Waals surface area contributed by atoms with Gasteiger partial charge in [-0.3, -0.25) is 0 Å². The number of nitrogens with one attached hydrogen (secondary N) is 2. The van der Waals surface area contributed by atoms with Crippen molar-refractivity contribution in [2.45, 2.75) is 6.92 Å². The molecule has 48 heavy (non-hydrogen) atoms. The van der Waals surface area contributed by atoms with Crippen LogP contribution in [0.5, 0.6) is 11.5 Å². The molecular weight excluding hydrogens is 587 g/mol. The second kappa shape index (κ2) is 12.3. The van der Waals surface area contributed by atoms with Crippen molar-refractivity contribution in [3.8, 4) is 56.0 Å². The molecule has 0 radical (unpaired) electrons. The standard InChI is InChI=1S/C43H35BN2O2/c1-28-10-12-31(13-11-28)34-20-24-42(48-3)38(26-34)35-21-25-41(47-2)37(27-35)32-16-14-29(15-17-32)30-18-22-36(23-19-30)44-45-39-8-4-6-33-7-5-9-40(46-44)43(33)39/h4-27,45-46H,1-3H3. The van der Waals surface area contributed by atoms with Crippen LogP contribution in [0.1, 0.15) is 5.56 Å². The molecule has 7 aromatic rings. The molecule has 0 saturated heterocycles. The highest BCUT2D eigenvalue weighted by molar-refractivity contribution is 6.80. The monoisotopic (exact) mass is 622 g/mol. The van der Waals surface area contributed by atoms with Crippen LogP contribution in [-0.4, -0.2) is 21.2 Å². The maximum absolute atomic E-state index is 5.83. The summed E-state index contributed by atoms with van der Waals surface area (Å²) < 4.78 is 11.6. The van der Waals surface area contributed by atoms with Crippen LogP contribution in [0.25, 0.3) is 55.3 Å². The minimum atomic E-state index is -0.00197. The van der Waals surface area contributed by atoms with Gasteiger partial charge in [0, 0.05) is 27.9 Å². The van der Waals surface area contributed by atoms with E-state index in [4.69, 9.17) is 9.47 Å². The predicted octanol–water partition coefficient (Wildman–Crippen LogP) is 10.1. The minimum absolute atomic E-state index is 0.00197. The summed E-state index contributed by atoms with van der Waals surface area (Å²) in [5, 5.41) is 9.83. The first kappa shape index (κ1) is 29.5. The van der Waals surface area contributed by atoms with Crippen LogP contribution in [0.4, 0.5) is 11.4 Å². The van der Waals surface area contributed by atoms with Gasteiger partial charge in [0.15, 0.2) is 0 Å². The van der Waals surface area contributed by atoms with E-state index in [9.17, 15) is 0 Å². The van der Waals surface area contributed by atoms with Gasteiger partial charge in [0.2, 0.25) is 0 Å². The molecule has 0 amide bonds. The summed E-state index contributed by atoms with van der Waals surface area (Å²) in [5.41, 5.74) is 13.6. The zero-order valence-corrected chi connectivity index (χ0v) is 27.3. The quantitative estimate of drug-likeness (QED) is 0.174. The van der Waals surface area contributed by atoms with E-state index in [1.165, 1.54) is 32.9 Å². The summed E-state index contributed by atoms with van der Waals surface area (Å²) in [6.45, 7) is 2.11. The van der Waals surface area contributed by atoms with Crippen LogP contribution in [-0.2, 0) is 0 Å². The Labute approximate surface area is 282 Å². The maximum atomic E-state index is 5.83. The molecule has 7 aromatic carbocycles. The van der Waals surface area contributed by atoms with E-state index < -0.39 is 0 Å². The lowest BCUT2D eigenvalue weighted by atomic mass is 9.66. The van der Waals surface area contributed by atoms with Crippen molar-refractivity contribution in [3.63, 3.8) is 0 Å². The van der Waals surface area contributed by atoms with Gasteiger partial charge in [-0.05, 0) is 87.6 Å². The third kappa shape index (κ3) is 5.43. The summed E-state index contributed by atoms with van der Waals surface area (Å²) in [4.78, 5) is 0. The van der Waals surface area contributed by atoms with Crippen molar-refractivity contribution in [3.05, 3.63) is 151 Å². The Hall–Kier alpha value is -5.94. The van der Waals surface area contributed by atoms with Gasteiger partial charge in [-0.15, -0.1) is 0 Å². The molecule has 1 aliphatic heterocycles. The highest BCUT2D eigenvalue weighted by atomic mass is 16.5. The van der Waals surface area contributed by atoms with Crippen molar-refractivity contribution in [1.82, 2.24) is 0 Å². The average molecular weight is 623 g/mol. The molecule has 8 rings (SSSR count). The number of ether oxygens (including phenoxy) is 2. The number of hydrogen-bond donors (Lipinski definition) is 2. The van der Waals surface area contributed by atoms with Crippen LogP contribution in [0.15, 0.2) is 146 Å². The Balaban J connectivity index is 1.06. The van der Waals surface area contributed by atoms with Gasteiger partial charge >= 0.3 is 6.98 Å². The van der Waals surface area contributed by atoms with E-state index in [1.54, 1.807) is 14.2 Å². The Bertz CT molecular complexity index is 2220.